The summed E-state index contributed by atoms with van der Waals surface area (Å²) in [5.74, 6) is -0.0980. The van der Waals surface area contributed by atoms with Crippen molar-refractivity contribution in [2.45, 2.75) is 19.4 Å². The molecule has 8 nitrogen and oxygen atoms in total. The number of rotatable bonds is 9. The molecule has 1 aromatic carbocycles. The molecule has 0 fully saturated rings. The van der Waals surface area contributed by atoms with Crippen molar-refractivity contribution < 1.29 is 14.3 Å². The number of anilines is 1. The lowest BCUT2D eigenvalue weighted by Crippen LogP contribution is -2.44. The molecule has 0 spiro atoms. The van der Waals surface area contributed by atoms with Crippen LogP contribution in [0.25, 0.3) is 11.3 Å². The average molecular weight is 407 g/mol. The summed E-state index contributed by atoms with van der Waals surface area (Å²) in [6.45, 7) is 1.99. The van der Waals surface area contributed by atoms with Crippen LogP contribution in [-0.2, 0) is 27.8 Å². The summed E-state index contributed by atoms with van der Waals surface area (Å²) >= 11 is 0. The van der Waals surface area contributed by atoms with Gasteiger partial charge in [-0.3, -0.25) is 24.6 Å². The quantitative estimate of drug-likeness (QED) is 0.528. The number of amides is 1. The van der Waals surface area contributed by atoms with E-state index in [-0.39, 0.29) is 12.5 Å². The van der Waals surface area contributed by atoms with Gasteiger partial charge in [0.2, 0.25) is 5.91 Å². The van der Waals surface area contributed by atoms with Gasteiger partial charge in [-0.25, -0.2) is 0 Å². The highest BCUT2D eigenvalue weighted by Crippen LogP contribution is 2.20. The number of benzene rings is 1. The summed E-state index contributed by atoms with van der Waals surface area (Å²) in [4.78, 5) is 28.8. The van der Waals surface area contributed by atoms with Gasteiger partial charge < -0.3 is 10.1 Å². The number of hydrogen-bond donors (Lipinski definition) is 2. The van der Waals surface area contributed by atoms with Gasteiger partial charge in [0.15, 0.2) is 0 Å². The van der Waals surface area contributed by atoms with E-state index in [1.165, 1.54) is 0 Å². The second-order valence-electron chi connectivity index (χ2n) is 6.69. The van der Waals surface area contributed by atoms with Crippen molar-refractivity contribution in [1.29, 1.82) is 0 Å². The van der Waals surface area contributed by atoms with E-state index in [1.54, 1.807) is 37.1 Å². The molecule has 2 N–H and O–H groups in total. The Morgan fingerprint density at radius 3 is 2.57 bits per heavy atom. The van der Waals surface area contributed by atoms with Crippen LogP contribution in [0.2, 0.25) is 0 Å². The second kappa shape index (κ2) is 10.3. The molecular weight excluding hydrogens is 382 g/mol. The second-order valence-corrected chi connectivity index (χ2v) is 6.69. The van der Waals surface area contributed by atoms with E-state index in [4.69, 9.17) is 4.74 Å². The highest BCUT2D eigenvalue weighted by Gasteiger charge is 2.21. The summed E-state index contributed by atoms with van der Waals surface area (Å²) in [6.07, 6.45) is 3.82. The number of aryl methyl sites for hydroxylation is 1. The van der Waals surface area contributed by atoms with E-state index in [0.29, 0.717) is 18.8 Å². The van der Waals surface area contributed by atoms with E-state index in [1.807, 2.05) is 42.5 Å². The normalized spacial score (nSPS) is 11.7. The first-order valence-electron chi connectivity index (χ1n) is 9.75. The summed E-state index contributed by atoms with van der Waals surface area (Å²) < 4.78 is 6.57. The summed E-state index contributed by atoms with van der Waals surface area (Å²) in [5, 5.41) is 10.4. The molecule has 3 aromatic rings. The van der Waals surface area contributed by atoms with Crippen molar-refractivity contribution in [3.8, 4) is 11.3 Å². The van der Waals surface area contributed by atoms with E-state index in [2.05, 4.69) is 20.7 Å². The van der Waals surface area contributed by atoms with E-state index in [0.717, 1.165) is 16.8 Å². The van der Waals surface area contributed by atoms with Crippen molar-refractivity contribution in [3.63, 3.8) is 0 Å². The maximum Gasteiger partial charge on any atom is 0.319 e. The molecule has 0 radical (unpaired) electrons. The van der Waals surface area contributed by atoms with Crippen LogP contribution < -0.4 is 10.6 Å². The molecule has 0 saturated carbocycles. The Hall–Kier alpha value is -3.52. The number of carbonyl (C=O) groups excluding carboxylic acids is 2. The summed E-state index contributed by atoms with van der Waals surface area (Å²) in [7, 11) is 1.76. The smallest absolute Gasteiger partial charge is 0.319 e. The minimum absolute atomic E-state index is 0.0492. The van der Waals surface area contributed by atoms with Crippen LogP contribution in [0.1, 0.15) is 12.5 Å². The predicted octanol–water partition coefficient (Wildman–Crippen LogP) is 2.18. The van der Waals surface area contributed by atoms with E-state index in [9.17, 15) is 9.59 Å². The van der Waals surface area contributed by atoms with Crippen LogP contribution >= 0.6 is 0 Å². The molecule has 156 valence electrons. The predicted molar refractivity (Wildman–Crippen MR) is 114 cm³/mol. The van der Waals surface area contributed by atoms with Crippen LogP contribution in [0.3, 0.4) is 0 Å². The molecule has 8 heteroatoms. The topological polar surface area (TPSA) is 98.1 Å². The first kappa shape index (κ1) is 21.2. The molecule has 1 atom stereocenters. The molecule has 0 aliphatic heterocycles. The van der Waals surface area contributed by atoms with E-state index >= 15 is 0 Å². The molecule has 2 aromatic heterocycles. The Morgan fingerprint density at radius 2 is 1.87 bits per heavy atom. The number of ether oxygens (including phenoxy) is 1. The first-order chi connectivity index (χ1) is 14.6. The van der Waals surface area contributed by atoms with Gasteiger partial charge in [0.05, 0.1) is 24.9 Å². The van der Waals surface area contributed by atoms with E-state index < -0.39 is 12.0 Å². The zero-order chi connectivity index (χ0) is 21.3. The maximum atomic E-state index is 13.0. The van der Waals surface area contributed by atoms with Crippen LogP contribution in [0.5, 0.6) is 0 Å². The lowest BCUT2D eigenvalue weighted by molar-refractivity contribution is -0.142. The summed E-state index contributed by atoms with van der Waals surface area (Å²) in [6, 6.07) is 14.5. The van der Waals surface area contributed by atoms with Gasteiger partial charge in [0, 0.05) is 31.1 Å². The van der Waals surface area contributed by atoms with Crippen molar-refractivity contribution in [3.05, 3.63) is 66.5 Å². The fourth-order valence-corrected chi connectivity index (χ4v) is 2.99. The third kappa shape index (κ3) is 5.74. The standard InChI is InChI=1S/C22H25N5O3/c1-3-30-21(28)15-24-19(13-16-7-5-4-6-8-16)22(29)25-20-14-18(26-27(20)2)17-9-11-23-12-10-17/h4-12,14,19,24H,3,13,15H2,1-2H3,(H,25,29). The van der Waals surface area contributed by atoms with Crippen LogP contribution in [-0.4, -0.2) is 45.8 Å². The van der Waals surface area contributed by atoms with Crippen molar-refractivity contribution in [1.82, 2.24) is 20.1 Å². The van der Waals surface area contributed by atoms with Crippen molar-refractivity contribution >= 4 is 17.7 Å². The lowest BCUT2D eigenvalue weighted by Gasteiger charge is -2.18. The Labute approximate surface area is 175 Å². The number of carbonyl (C=O) groups is 2. The molecule has 3 rings (SSSR count). The van der Waals surface area contributed by atoms with Gasteiger partial charge in [0.1, 0.15) is 5.82 Å². The Morgan fingerprint density at radius 1 is 1.13 bits per heavy atom. The molecule has 0 aliphatic rings. The number of nitrogens with zero attached hydrogens (tertiary/aromatic N) is 3. The van der Waals surface area contributed by atoms with Gasteiger partial charge in [-0.05, 0) is 31.0 Å². The number of hydrogen-bond acceptors (Lipinski definition) is 6. The molecule has 2 heterocycles. The van der Waals surface area contributed by atoms with Gasteiger partial charge in [-0.2, -0.15) is 5.10 Å². The Bertz CT molecular complexity index is 973. The minimum atomic E-state index is -0.615. The minimum Gasteiger partial charge on any atom is -0.465 e. The van der Waals surface area contributed by atoms with Gasteiger partial charge >= 0.3 is 5.97 Å². The average Bonchev–Trinajstić information content (AvgIpc) is 3.13. The molecule has 0 bridgehead atoms. The van der Waals surface area contributed by atoms with Crippen LogP contribution in [0, 0.1) is 0 Å². The molecule has 30 heavy (non-hydrogen) atoms. The molecular formula is C22H25N5O3. The number of nitrogens with one attached hydrogen (secondary N) is 2. The third-order valence-electron chi connectivity index (χ3n) is 4.50. The number of aromatic nitrogens is 3. The zero-order valence-electron chi connectivity index (χ0n) is 17.0. The van der Waals surface area contributed by atoms with Gasteiger partial charge in [0.25, 0.3) is 0 Å². The number of pyridine rings is 1. The Kier molecular flexibility index (Phi) is 7.29. The fraction of sp³-hybridized carbons (Fsp3) is 0.273. The molecule has 0 aliphatic carbocycles. The summed E-state index contributed by atoms with van der Waals surface area (Å²) in [5.41, 5.74) is 2.62. The SMILES string of the molecule is CCOC(=O)CNC(Cc1ccccc1)C(=O)Nc1cc(-c2ccncc2)nn1C. The first-order valence-corrected chi connectivity index (χ1v) is 9.75. The number of esters is 1. The highest BCUT2D eigenvalue weighted by atomic mass is 16.5. The van der Waals surface area contributed by atoms with Gasteiger partial charge in [-0.15, -0.1) is 0 Å². The largest absolute Gasteiger partial charge is 0.465 e. The molecule has 1 unspecified atom stereocenters. The highest BCUT2D eigenvalue weighted by molar-refractivity contribution is 5.95. The van der Waals surface area contributed by atoms with Crippen molar-refractivity contribution in [2.24, 2.45) is 7.05 Å². The maximum absolute atomic E-state index is 13.0. The van der Waals surface area contributed by atoms with Gasteiger partial charge in [-0.1, -0.05) is 30.3 Å². The monoisotopic (exact) mass is 407 g/mol. The fourth-order valence-electron chi connectivity index (χ4n) is 2.99. The lowest BCUT2D eigenvalue weighted by atomic mass is 10.1. The molecule has 1 amide bonds. The van der Waals surface area contributed by atoms with Crippen molar-refractivity contribution in [2.75, 3.05) is 18.5 Å². The molecule has 0 saturated heterocycles. The zero-order valence-corrected chi connectivity index (χ0v) is 17.0. The third-order valence-corrected chi connectivity index (χ3v) is 4.50. The Balaban J connectivity index is 1.73. The van der Waals surface area contributed by atoms with Crippen LogP contribution in [0.4, 0.5) is 5.82 Å². The van der Waals surface area contributed by atoms with Crippen LogP contribution in [0.15, 0.2) is 60.9 Å².